The van der Waals surface area contributed by atoms with Crippen molar-refractivity contribution in [2.75, 3.05) is 18.0 Å². The fourth-order valence-electron chi connectivity index (χ4n) is 2.39. The number of hydrogen-bond donors (Lipinski definition) is 1. The second-order valence-electron chi connectivity index (χ2n) is 4.76. The third-order valence-corrected chi connectivity index (χ3v) is 3.65. The molecule has 4 nitrogen and oxygen atoms in total. The number of halogens is 1. The minimum atomic E-state index is 0.0615. The molecular formula is C13H18BrN3O. The molecule has 0 saturated carbocycles. The maximum atomic E-state index is 11.0. The summed E-state index contributed by atoms with van der Waals surface area (Å²) < 4.78 is 1.01. The first kappa shape index (κ1) is 13.3. The van der Waals surface area contributed by atoms with Gasteiger partial charge in [0.25, 0.3) is 0 Å². The molecule has 1 aromatic heterocycles. The smallest absolute Gasteiger partial charge is 0.217 e. The van der Waals surface area contributed by atoms with Gasteiger partial charge in [-0.15, -0.1) is 0 Å². The van der Waals surface area contributed by atoms with Crippen molar-refractivity contribution in [3.63, 3.8) is 0 Å². The van der Waals surface area contributed by atoms with Gasteiger partial charge in [0.2, 0.25) is 5.91 Å². The molecule has 0 radical (unpaired) electrons. The average Bonchev–Trinajstić information content (AvgIpc) is 2.30. The van der Waals surface area contributed by atoms with E-state index in [-0.39, 0.29) is 5.91 Å². The topological polar surface area (TPSA) is 45.2 Å². The van der Waals surface area contributed by atoms with E-state index in [0.29, 0.717) is 6.04 Å². The molecule has 0 bridgehead atoms. The lowest BCUT2D eigenvalue weighted by Gasteiger charge is -2.33. The molecule has 1 aliphatic heterocycles. The molecule has 18 heavy (non-hydrogen) atoms. The molecule has 1 aliphatic rings. The van der Waals surface area contributed by atoms with Crippen LogP contribution in [0.4, 0.5) is 5.82 Å². The number of carbonyl (C=O) groups is 1. The van der Waals surface area contributed by atoms with E-state index in [1.807, 2.05) is 6.20 Å². The van der Waals surface area contributed by atoms with Crippen molar-refractivity contribution in [1.82, 2.24) is 10.3 Å². The van der Waals surface area contributed by atoms with E-state index in [1.54, 1.807) is 6.92 Å². The second kappa shape index (κ2) is 5.69. The van der Waals surface area contributed by atoms with Crippen LogP contribution in [0, 0.1) is 6.92 Å². The SMILES string of the molecule is CC(=O)NC1CCN(c2ncc(Br)cc2C)CC1. The van der Waals surface area contributed by atoms with E-state index in [1.165, 1.54) is 5.56 Å². The van der Waals surface area contributed by atoms with Crippen LogP contribution >= 0.6 is 15.9 Å². The molecule has 2 rings (SSSR count). The molecule has 1 saturated heterocycles. The summed E-state index contributed by atoms with van der Waals surface area (Å²) in [6.45, 7) is 5.54. The molecule has 0 spiro atoms. The number of anilines is 1. The Morgan fingerprint density at radius 2 is 2.17 bits per heavy atom. The highest BCUT2D eigenvalue weighted by Gasteiger charge is 2.21. The molecule has 98 valence electrons. The fraction of sp³-hybridized carbons (Fsp3) is 0.538. The highest BCUT2D eigenvalue weighted by molar-refractivity contribution is 9.10. The quantitative estimate of drug-likeness (QED) is 0.911. The normalized spacial score (nSPS) is 16.7. The number of aryl methyl sites for hydroxylation is 1. The van der Waals surface area contributed by atoms with E-state index in [4.69, 9.17) is 0 Å². The lowest BCUT2D eigenvalue weighted by molar-refractivity contribution is -0.119. The molecule has 0 aromatic carbocycles. The Morgan fingerprint density at radius 1 is 1.50 bits per heavy atom. The maximum Gasteiger partial charge on any atom is 0.217 e. The fourth-order valence-corrected chi connectivity index (χ4v) is 2.83. The Bertz CT molecular complexity index is 442. The first-order chi connectivity index (χ1) is 8.56. The van der Waals surface area contributed by atoms with Crippen LogP contribution in [0.15, 0.2) is 16.7 Å². The van der Waals surface area contributed by atoms with Crippen LogP contribution in [0.5, 0.6) is 0 Å². The van der Waals surface area contributed by atoms with Crippen molar-refractivity contribution in [3.05, 3.63) is 22.3 Å². The molecule has 1 amide bonds. The molecular weight excluding hydrogens is 294 g/mol. The van der Waals surface area contributed by atoms with E-state index in [0.717, 1.165) is 36.2 Å². The van der Waals surface area contributed by atoms with Crippen molar-refractivity contribution in [3.8, 4) is 0 Å². The summed E-state index contributed by atoms with van der Waals surface area (Å²) in [7, 11) is 0. The largest absolute Gasteiger partial charge is 0.356 e. The molecule has 0 unspecified atom stereocenters. The molecule has 0 atom stereocenters. The highest BCUT2D eigenvalue weighted by atomic mass is 79.9. The van der Waals surface area contributed by atoms with Crippen LogP contribution in [-0.4, -0.2) is 30.0 Å². The summed E-state index contributed by atoms with van der Waals surface area (Å²) in [4.78, 5) is 17.8. The van der Waals surface area contributed by atoms with Crippen molar-refractivity contribution < 1.29 is 4.79 Å². The number of hydrogen-bond acceptors (Lipinski definition) is 3. The molecule has 5 heteroatoms. The van der Waals surface area contributed by atoms with Gasteiger partial charge in [-0.3, -0.25) is 4.79 Å². The minimum Gasteiger partial charge on any atom is -0.356 e. The Labute approximate surface area is 116 Å². The van der Waals surface area contributed by atoms with Crippen molar-refractivity contribution >= 4 is 27.7 Å². The summed E-state index contributed by atoms with van der Waals surface area (Å²) in [6, 6.07) is 2.40. The van der Waals surface area contributed by atoms with Gasteiger partial charge in [0.05, 0.1) is 0 Å². The van der Waals surface area contributed by atoms with Crippen LogP contribution < -0.4 is 10.2 Å². The maximum absolute atomic E-state index is 11.0. The van der Waals surface area contributed by atoms with Crippen molar-refractivity contribution in [2.45, 2.75) is 32.7 Å². The average molecular weight is 312 g/mol. The Morgan fingerprint density at radius 3 is 2.72 bits per heavy atom. The number of nitrogens with one attached hydrogen (secondary N) is 1. The Kier molecular flexibility index (Phi) is 4.22. The second-order valence-corrected chi connectivity index (χ2v) is 5.67. The molecule has 1 fully saturated rings. The summed E-state index contributed by atoms with van der Waals surface area (Å²) in [6.07, 6.45) is 3.80. The number of pyridine rings is 1. The molecule has 0 aliphatic carbocycles. The molecule has 1 N–H and O–H groups in total. The van der Waals surface area contributed by atoms with Crippen LogP contribution in [0.2, 0.25) is 0 Å². The predicted molar refractivity (Wildman–Crippen MR) is 75.7 cm³/mol. The van der Waals surface area contributed by atoms with Gasteiger partial charge in [-0.2, -0.15) is 0 Å². The lowest BCUT2D eigenvalue weighted by Crippen LogP contribution is -2.44. The van der Waals surface area contributed by atoms with Crippen molar-refractivity contribution in [2.24, 2.45) is 0 Å². The summed E-state index contributed by atoms with van der Waals surface area (Å²) in [5.41, 5.74) is 1.18. The van der Waals surface area contributed by atoms with Crippen LogP contribution in [-0.2, 0) is 4.79 Å². The molecule has 1 aromatic rings. The van der Waals surface area contributed by atoms with Crippen LogP contribution in [0.1, 0.15) is 25.3 Å². The predicted octanol–water partition coefficient (Wildman–Crippen LogP) is 2.26. The van der Waals surface area contributed by atoms with E-state index in [2.05, 4.69) is 44.1 Å². The van der Waals surface area contributed by atoms with Crippen molar-refractivity contribution in [1.29, 1.82) is 0 Å². The van der Waals surface area contributed by atoms with Gasteiger partial charge >= 0.3 is 0 Å². The van der Waals surface area contributed by atoms with Gasteiger partial charge in [-0.05, 0) is 47.3 Å². The number of amides is 1. The first-order valence-corrected chi connectivity index (χ1v) is 7.00. The number of piperidine rings is 1. The zero-order valence-electron chi connectivity index (χ0n) is 10.7. The third-order valence-electron chi connectivity index (χ3n) is 3.22. The zero-order valence-corrected chi connectivity index (χ0v) is 12.3. The molecule has 2 heterocycles. The van der Waals surface area contributed by atoms with Gasteiger partial charge in [-0.1, -0.05) is 0 Å². The summed E-state index contributed by atoms with van der Waals surface area (Å²) >= 11 is 3.43. The van der Waals surface area contributed by atoms with Gasteiger partial charge in [0.1, 0.15) is 5.82 Å². The zero-order chi connectivity index (χ0) is 13.1. The van der Waals surface area contributed by atoms with Crippen LogP contribution in [0.3, 0.4) is 0 Å². The Hall–Kier alpha value is -1.10. The highest BCUT2D eigenvalue weighted by Crippen LogP contribution is 2.23. The van der Waals surface area contributed by atoms with Crippen LogP contribution in [0.25, 0.3) is 0 Å². The summed E-state index contributed by atoms with van der Waals surface area (Å²) in [5.74, 6) is 1.12. The number of nitrogens with zero attached hydrogens (tertiary/aromatic N) is 2. The first-order valence-electron chi connectivity index (χ1n) is 6.20. The van der Waals surface area contributed by atoms with Gasteiger partial charge in [-0.25, -0.2) is 4.98 Å². The van der Waals surface area contributed by atoms with E-state index in [9.17, 15) is 4.79 Å². The van der Waals surface area contributed by atoms with Gasteiger partial charge in [0, 0.05) is 36.7 Å². The standard InChI is InChI=1S/C13H18BrN3O/c1-9-7-11(14)8-15-13(9)17-5-3-12(4-6-17)16-10(2)18/h7-8,12H,3-6H2,1-2H3,(H,16,18). The summed E-state index contributed by atoms with van der Waals surface area (Å²) in [5, 5.41) is 2.98. The minimum absolute atomic E-state index is 0.0615. The lowest BCUT2D eigenvalue weighted by atomic mass is 10.0. The monoisotopic (exact) mass is 311 g/mol. The van der Waals surface area contributed by atoms with Gasteiger partial charge < -0.3 is 10.2 Å². The number of rotatable bonds is 2. The Balaban J connectivity index is 1.99. The third kappa shape index (κ3) is 3.22. The number of carbonyl (C=O) groups excluding carboxylic acids is 1. The van der Waals surface area contributed by atoms with E-state index < -0.39 is 0 Å². The number of aromatic nitrogens is 1. The van der Waals surface area contributed by atoms with Gasteiger partial charge in [0.15, 0.2) is 0 Å². The van der Waals surface area contributed by atoms with E-state index >= 15 is 0 Å².